The molecular formula is C27H38N4O3S. The summed E-state index contributed by atoms with van der Waals surface area (Å²) in [5.74, 6) is 0.661. The van der Waals surface area contributed by atoms with Gasteiger partial charge in [0, 0.05) is 36.3 Å². The third kappa shape index (κ3) is 6.45. The molecule has 8 heteroatoms. The fourth-order valence-corrected chi connectivity index (χ4v) is 5.07. The zero-order valence-electron chi connectivity index (χ0n) is 21.5. The first kappa shape index (κ1) is 27.2. The highest BCUT2D eigenvalue weighted by Gasteiger charge is 2.42. The summed E-state index contributed by atoms with van der Waals surface area (Å²) in [5, 5.41) is 5.62. The molecule has 1 saturated heterocycles. The molecule has 3 heterocycles. The van der Waals surface area contributed by atoms with Gasteiger partial charge in [-0.15, -0.1) is 14.9 Å². The molecule has 2 aliphatic rings. The molecule has 35 heavy (non-hydrogen) atoms. The molecule has 0 aliphatic carbocycles. The van der Waals surface area contributed by atoms with Crippen LogP contribution in [0, 0.1) is 0 Å². The number of aromatic nitrogens is 1. The lowest BCUT2D eigenvalue weighted by Gasteiger charge is -2.46. The number of benzene rings is 1. The topological polar surface area (TPSA) is 67.8 Å². The van der Waals surface area contributed by atoms with Crippen LogP contribution in [0.25, 0.3) is 5.70 Å². The minimum Gasteiger partial charge on any atom is -0.373 e. The second-order valence-electron chi connectivity index (χ2n) is 8.73. The van der Waals surface area contributed by atoms with Gasteiger partial charge in [-0.05, 0) is 63.3 Å². The van der Waals surface area contributed by atoms with Gasteiger partial charge in [-0.3, -0.25) is 4.79 Å². The van der Waals surface area contributed by atoms with Gasteiger partial charge >= 0.3 is 0 Å². The van der Waals surface area contributed by atoms with E-state index in [2.05, 4.69) is 72.9 Å². The van der Waals surface area contributed by atoms with Crippen LogP contribution in [0.4, 0.5) is 0 Å². The highest BCUT2D eigenvalue weighted by Crippen LogP contribution is 2.40. The number of ketones is 1. The summed E-state index contributed by atoms with van der Waals surface area (Å²) in [7, 11) is 0. The van der Waals surface area contributed by atoms with Crippen LogP contribution in [0.5, 0.6) is 0 Å². The average molecular weight is 499 g/mol. The molecule has 0 radical (unpaired) electrons. The number of piperidine rings is 1. The number of hydrogen-bond acceptors (Lipinski definition) is 7. The van der Waals surface area contributed by atoms with Gasteiger partial charge in [-0.1, -0.05) is 56.7 Å². The number of carbonyl (C=O) groups excluding carboxylic acids is 1. The van der Waals surface area contributed by atoms with Gasteiger partial charge in [0.25, 0.3) is 0 Å². The van der Waals surface area contributed by atoms with Gasteiger partial charge in [0.1, 0.15) is 0 Å². The fraction of sp³-hybridized carbons (Fsp3) is 0.444. The Kier molecular flexibility index (Phi) is 10.2. The summed E-state index contributed by atoms with van der Waals surface area (Å²) in [4.78, 5) is 25.2. The zero-order chi connectivity index (χ0) is 25.3. The van der Waals surface area contributed by atoms with Gasteiger partial charge in [-0.2, -0.15) is 5.06 Å². The van der Waals surface area contributed by atoms with Crippen LogP contribution in [-0.4, -0.2) is 28.5 Å². The van der Waals surface area contributed by atoms with E-state index in [1.54, 1.807) is 6.92 Å². The number of hydrogen-bond donors (Lipinski definition) is 2. The summed E-state index contributed by atoms with van der Waals surface area (Å²) in [5.41, 5.74) is 5.21. The van der Waals surface area contributed by atoms with Gasteiger partial charge in [0.15, 0.2) is 5.78 Å². The van der Waals surface area contributed by atoms with Gasteiger partial charge in [0.05, 0.1) is 16.9 Å². The van der Waals surface area contributed by atoms with Crippen molar-refractivity contribution in [1.29, 1.82) is 0 Å². The third-order valence-electron chi connectivity index (χ3n) is 6.15. The van der Waals surface area contributed by atoms with Crippen LogP contribution in [0.3, 0.4) is 0 Å². The number of fused-ring (bicyclic) bond motifs is 2. The Hall–Kier alpha value is -2.36. The first-order valence-electron chi connectivity index (χ1n) is 12.3. The molecule has 1 fully saturated rings. The third-order valence-corrected chi connectivity index (χ3v) is 6.79. The molecule has 0 amide bonds. The lowest BCUT2D eigenvalue weighted by molar-refractivity contribution is -0.445. The van der Waals surface area contributed by atoms with Crippen molar-refractivity contribution in [1.82, 2.24) is 19.8 Å². The van der Waals surface area contributed by atoms with Crippen molar-refractivity contribution in [2.45, 2.75) is 65.2 Å². The minimum atomic E-state index is -0.115. The molecule has 1 aromatic carbocycles. The highest BCUT2D eigenvalue weighted by atomic mass is 32.2. The van der Waals surface area contributed by atoms with Crippen molar-refractivity contribution in [3.05, 3.63) is 77.3 Å². The fourth-order valence-electron chi connectivity index (χ4n) is 4.52. The van der Waals surface area contributed by atoms with Gasteiger partial charge in [0.2, 0.25) is 0 Å². The van der Waals surface area contributed by atoms with Crippen LogP contribution < -0.4 is 10.2 Å². The van der Waals surface area contributed by atoms with Crippen LogP contribution in [0.1, 0.15) is 75.5 Å². The Morgan fingerprint density at radius 3 is 2.51 bits per heavy atom. The number of allylic oxidation sites excluding steroid dienone is 3. The van der Waals surface area contributed by atoms with Crippen LogP contribution in [-0.2, 0) is 21.3 Å². The highest BCUT2D eigenvalue weighted by molar-refractivity contribution is 7.96. The van der Waals surface area contributed by atoms with E-state index in [0.29, 0.717) is 5.75 Å². The number of carbonyl (C=O) groups is 1. The van der Waals surface area contributed by atoms with E-state index in [4.69, 9.17) is 9.98 Å². The lowest BCUT2D eigenvalue weighted by atomic mass is 9.82. The molecule has 1 aromatic heterocycles. The second kappa shape index (κ2) is 13.1. The molecule has 0 saturated carbocycles. The summed E-state index contributed by atoms with van der Waals surface area (Å²) in [6, 6.07) is 11.9. The molecule has 1 spiro atoms. The minimum absolute atomic E-state index is 0.0608. The number of hydroxylamine groups is 2. The number of nitrogens with zero attached hydrogens (tertiary/aromatic N) is 2. The van der Waals surface area contributed by atoms with Crippen molar-refractivity contribution in [2.75, 3.05) is 13.1 Å². The maximum atomic E-state index is 11.7. The molecule has 2 aromatic rings. The largest absolute Gasteiger partial charge is 0.373 e. The number of rotatable bonds is 7. The quantitative estimate of drug-likeness (QED) is 0.160. The number of nitrogens with one attached hydrogen (secondary N) is 2. The Morgan fingerprint density at radius 2 is 1.86 bits per heavy atom. The first-order chi connectivity index (χ1) is 17.0. The van der Waals surface area contributed by atoms with Crippen molar-refractivity contribution < 1.29 is 14.8 Å². The summed E-state index contributed by atoms with van der Waals surface area (Å²) < 4.78 is 2.29. The van der Waals surface area contributed by atoms with Crippen molar-refractivity contribution in [3.8, 4) is 0 Å². The summed E-state index contributed by atoms with van der Waals surface area (Å²) in [6.45, 7) is 11.4. The van der Waals surface area contributed by atoms with Gasteiger partial charge < -0.3 is 9.88 Å². The predicted molar refractivity (Wildman–Crippen MR) is 143 cm³/mol. The monoisotopic (exact) mass is 498 g/mol. The van der Waals surface area contributed by atoms with Crippen molar-refractivity contribution >= 4 is 23.4 Å². The molecule has 7 nitrogen and oxygen atoms in total. The van der Waals surface area contributed by atoms with E-state index < -0.39 is 0 Å². The summed E-state index contributed by atoms with van der Waals surface area (Å²) >= 11 is 1.34. The molecule has 2 aliphatic heterocycles. The molecule has 190 valence electrons. The van der Waals surface area contributed by atoms with Crippen LogP contribution in [0.15, 0.2) is 60.4 Å². The van der Waals surface area contributed by atoms with E-state index in [-0.39, 0.29) is 11.3 Å². The van der Waals surface area contributed by atoms with Crippen LogP contribution in [0.2, 0.25) is 0 Å². The van der Waals surface area contributed by atoms with Crippen molar-refractivity contribution in [2.24, 2.45) is 0 Å². The molecule has 0 atom stereocenters. The molecule has 0 unspecified atom stereocenters. The summed E-state index contributed by atoms with van der Waals surface area (Å²) in [6.07, 6.45) is 9.45. The van der Waals surface area contributed by atoms with E-state index in [0.717, 1.165) is 42.8 Å². The maximum absolute atomic E-state index is 11.7. The Morgan fingerprint density at radius 1 is 1.14 bits per heavy atom. The number of Topliss-reactive ketones (excluding diaryl/α,β-unsaturated/α-hetero) is 1. The average Bonchev–Trinajstić information content (AvgIpc) is 3.36. The first-order valence-corrected chi connectivity index (χ1v) is 13.3. The molecular weight excluding hydrogens is 460 g/mol. The maximum Gasteiger partial charge on any atom is 0.160 e. The van der Waals surface area contributed by atoms with E-state index >= 15 is 0 Å². The SMILES string of the molecule is C/C=C1/NC2(CCN(OONSCc3ccccc3C(C)=O)CC2)c2cccn2/C1=C/C.CCC. The predicted octanol–water partition coefficient (Wildman–Crippen LogP) is 5.98. The smallest absolute Gasteiger partial charge is 0.160 e. The standard InChI is InChI=1S/C24H30N4O3S.C3H8/c1-4-21-22(5-2)28-14-8-11-23(28)24(25-21)12-15-27(16-13-24)31-30-26-32-17-19-9-6-7-10-20(19)18(3)29;1-3-2/h4-11,14,25-26H,12-13,15-17H2,1-3H3;3H2,1-2H3/b21-4+,22-5+;. The van der Waals surface area contributed by atoms with Crippen LogP contribution >= 0.6 is 11.9 Å². The zero-order valence-corrected chi connectivity index (χ0v) is 22.3. The Bertz CT molecular complexity index is 1040. The lowest BCUT2D eigenvalue weighted by Crippen LogP contribution is -2.54. The van der Waals surface area contributed by atoms with E-state index in [1.807, 2.05) is 29.3 Å². The Balaban J connectivity index is 0.00000108. The van der Waals surface area contributed by atoms with Crippen molar-refractivity contribution in [3.63, 3.8) is 0 Å². The van der Waals surface area contributed by atoms with Gasteiger partial charge in [-0.25, -0.2) is 0 Å². The normalized spacial score (nSPS) is 19.2. The van der Waals surface area contributed by atoms with E-state index in [9.17, 15) is 4.79 Å². The molecule has 0 bridgehead atoms. The second-order valence-corrected chi connectivity index (χ2v) is 9.47. The van der Waals surface area contributed by atoms with E-state index in [1.165, 1.54) is 29.8 Å². The molecule has 4 rings (SSSR count). The molecule has 2 N–H and O–H groups in total. The Labute approximate surface area is 213 Å².